The summed E-state index contributed by atoms with van der Waals surface area (Å²) in [7, 11) is -5.72. The van der Waals surface area contributed by atoms with Crippen molar-refractivity contribution in [2.45, 2.75) is 44.2 Å². The molecule has 2 aliphatic rings. The number of fused-ring (bicyclic) bond motifs is 2. The van der Waals surface area contributed by atoms with Gasteiger partial charge in [0, 0.05) is 11.8 Å². The minimum atomic E-state index is -5.72. The van der Waals surface area contributed by atoms with E-state index in [1.807, 2.05) is 0 Å². The van der Waals surface area contributed by atoms with E-state index in [1.165, 1.54) is 0 Å². The molecule has 0 aliphatic heterocycles. The zero-order chi connectivity index (χ0) is 15.4. The molecule has 20 heavy (non-hydrogen) atoms. The van der Waals surface area contributed by atoms with Crippen LogP contribution in [-0.4, -0.2) is 31.6 Å². The molecule has 0 saturated heterocycles. The van der Waals surface area contributed by atoms with Crippen LogP contribution in [-0.2, 0) is 19.1 Å². The Morgan fingerprint density at radius 3 is 2.45 bits per heavy atom. The Balaban J connectivity index is 2.50. The van der Waals surface area contributed by atoms with Crippen LogP contribution in [0.2, 0.25) is 0 Å². The third-order valence-corrected chi connectivity index (χ3v) is 5.68. The molecule has 0 spiro atoms. The zero-order valence-electron chi connectivity index (χ0n) is 11.0. The third kappa shape index (κ3) is 1.90. The second-order valence-electron chi connectivity index (χ2n) is 5.71. The molecule has 1 amide bonds. The van der Waals surface area contributed by atoms with Gasteiger partial charge >= 0.3 is 22.0 Å². The molecular weight excluding hydrogens is 299 g/mol. The van der Waals surface area contributed by atoms with Crippen LogP contribution in [0, 0.1) is 11.3 Å². The normalized spacial score (nSPS) is 34.6. The molecule has 0 radical (unpaired) electrons. The Bertz CT molecular complexity index is 567. The molecule has 2 bridgehead atoms. The van der Waals surface area contributed by atoms with Crippen molar-refractivity contribution < 1.29 is 35.6 Å². The van der Waals surface area contributed by atoms with Crippen LogP contribution in [0.15, 0.2) is 0 Å². The summed E-state index contributed by atoms with van der Waals surface area (Å²) in [6, 6.07) is 0. The molecule has 0 heterocycles. The number of hydrogen-bond donors (Lipinski definition) is 1. The Morgan fingerprint density at radius 2 is 2.00 bits per heavy atom. The summed E-state index contributed by atoms with van der Waals surface area (Å²) in [4.78, 5) is 12.9. The van der Waals surface area contributed by atoms with Gasteiger partial charge in [-0.2, -0.15) is 26.6 Å². The van der Waals surface area contributed by atoms with Crippen molar-refractivity contribution in [2.24, 2.45) is 11.3 Å². The van der Waals surface area contributed by atoms with Gasteiger partial charge in [0.1, 0.15) is 0 Å². The first-order valence-corrected chi connectivity index (χ1v) is 7.47. The van der Waals surface area contributed by atoms with E-state index in [9.17, 15) is 26.4 Å². The van der Waals surface area contributed by atoms with E-state index in [-0.39, 0.29) is 18.1 Å². The maximum atomic E-state index is 12.6. The fraction of sp³-hybridized carbons (Fsp3) is 0.818. The van der Waals surface area contributed by atoms with Gasteiger partial charge in [0.15, 0.2) is 11.3 Å². The fourth-order valence-electron chi connectivity index (χ4n) is 3.38. The maximum Gasteiger partial charge on any atom is 0.523 e. The van der Waals surface area contributed by atoms with E-state index in [4.69, 9.17) is 0 Å². The molecule has 1 N–H and O–H groups in total. The predicted molar refractivity (Wildman–Crippen MR) is 61.9 cm³/mol. The van der Waals surface area contributed by atoms with Crippen LogP contribution >= 0.6 is 0 Å². The van der Waals surface area contributed by atoms with Gasteiger partial charge in [-0.05, 0) is 18.8 Å². The van der Waals surface area contributed by atoms with E-state index in [1.54, 1.807) is 13.8 Å². The van der Waals surface area contributed by atoms with Crippen molar-refractivity contribution in [1.29, 1.82) is 0 Å². The van der Waals surface area contributed by atoms with Gasteiger partial charge in [0.25, 0.3) is 0 Å². The van der Waals surface area contributed by atoms with Gasteiger partial charge in [0.05, 0.1) is 0 Å². The molecule has 9 heteroatoms. The SMILES string of the molecule is CC1(C)C2CCC1(OS(=O)(=O)C(F)(F)F)C(=[NH+]C=O)C2. The first-order valence-electron chi connectivity index (χ1n) is 6.06. The highest BCUT2D eigenvalue weighted by Crippen LogP contribution is 2.60. The quantitative estimate of drug-likeness (QED) is 0.456. The summed E-state index contributed by atoms with van der Waals surface area (Å²) < 4.78 is 65.0. The molecule has 2 rings (SSSR count). The summed E-state index contributed by atoms with van der Waals surface area (Å²) in [5.74, 6) is -0.0200. The van der Waals surface area contributed by atoms with E-state index >= 15 is 0 Å². The lowest BCUT2D eigenvalue weighted by molar-refractivity contribution is -0.365. The number of nitrogens with one attached hydrogen (secondary N) is 1. The number of hydrogen-bond acceptors (Lipinski definition) is 4. The third-order valence-electron chi connectivity index (χ3n) is 4.61. The van der Waals surface area contributed by atoms with E-state index in [2.05, 4.69) is 9.18 Å². The molecule has 2 fully saturated rings. The average Bonchev–Trinajstić information content (AvgIpc) is 2.61. The zero-order valence-corrected chi connectivity index (χ0v) is 11.8. The van der Waals surface area contributed by atoms with Crippen molar-refractivity contribution in [3.63, 3.8) is 0 Å². The van der Waals surface area contributed by atoms with Crippen LogP contribution in [0.3, 0.4) is 0 Å². The van der Waals surface area contributed by atoms with Crippen LogP contribution in [0.4, 0.5) is 13.2 Å². The largest absolute Gasteiger partial charge is 0.523 e. The summed E-state index contributed by atoms with van der Waals surface area (Å²) >= 11 is 0. The van der Waals surface area contributed by atoms with Gasteiger partial charge in [0.2, 0.25) is 0 Å². The number of alkyl halides is 3. The highest BCUT2D eigenvalue weighted by molar-refractivity contribution is 7.87. The predicted octanol–water partition coefficient (Wildman–Crippen LogP) is 0.109. The van der Waals surface area contributed by atoms with Crippen molar-refractivity contribution in [2.75, 3.05) is 0 Å². The molecular formula is C11H15F3NO4S+. The van der Waals surface area contributed by atoms with Gasteiger partial charge < -0.3 is 0 Å². The van der Waals surface area contributed by atoms with Gasteiger partial charge in [-0.15, -0.1) is 0 Å². The molecule has 2 saturated carbocycles. The number of halogens is 3. The van der Waals surface area contributed by atoms with Crippen LogP contribution in [0.25, 0.3) is 0 Å². The second kappa shape index (κ2) is 4.27. The minimum Gasteiger partial charge on any atom is -0.245 e. The monoisotopic (exact) mass is 314 g/mol. The fourth-order valence-corrected chi connectivity index (χ4v) is 4.25. The van der Waals surface area contributed by atoms with E-state index < -0.39 is 26.6 Å². The maximum absolute atomic E-state index is 12.6. The first-order chi connectivity index (χ1) is 8.98. The molecule has 2 aliphatic carbocycles. The average molecular weight is 314 g/mol. The van der Waals surface area contributed by atoms with E-state index in [0.29, 0.717) is 19.3 Å². The summed E-state index contributed by atoms with van der Waals surface area (Å²) in [5, 5.41) is 0. The molecule has 2 unspecified atom stereocenters. The lowest BCUT2D eigenvalue weighted by atomic mass is 9.78. The lowest BCUT2D eigenvalue weighted by Gasteiger charge is -2.34. The minimum absolute atomic E-state index is 0.0200. The number of amides is 1. The molecule has 114 valence electrons. The standard InChI is InChI=1S/C11H14F3NO4S/c1-9(2)7-3-4-10(9,8(5-7)15-6-16)19-20(17,18)11(12,13)14/h6-7H,3-5H2,1-2H3/p+1. The molecule has 5 nitrogen and oxygen atoms in total. The van der Waals surface area contributed by atoms with Crippen molar-refractivity contribution >= 4 is 22.2 Å². The topological polar surface area (TPSA) is 74.4 Å². The first kappa shape index (κ1) is 15.4. The number of rotatable bonds is 3. The van der Waals surface area contributed by atoms with Gasteiger partial charge in [-0.1, -0.05) is 13.8 Å². The van der Waals surface area contributed by atoms with Gasteiger partial charge in [-0.25, -0.2) is 8.98 Å². The van der Waals surface area contributed by atoms with Crippen molar-refractivity contribution in [3.8, 4) is 0 Å². The molecule has 2 atom stereocenters. The molecule has 0 aromatic rings. The molecule has 0 aromatic heterocycles. The Labute approximate surface area is 114 Å². The van der Waals surface area contributed by atoms with Crippen LogP contribution < -0.4 is 4.99 Å². The molecule has 0 aromatic carbocycles. The van der Waals surface area contributed by atoms with Crippen LogP contribution in [0.1, 0.15) is 33.1 Å². The smallest absolute Gasteiger partial charge is 0.245 e. The Hall–Kier alpha value is -0.960. The van der Waals surface area contributed by atoms with E-state index in [0.717, 1.165) is 0 Å². The summed E-state index contributed by atoms with van der Waals surface area (Å²) in [6.45, 7) is 3.33. The second-order valence-corrected chi connectivity index (χ2v) is 7.25. The summed E-state index contributed by atoms with van der Waals surface area (Å²) in [6.07, 6.45) is 1.36. The van der Waals surface area contributed by atoms with Crippen molar-refractivity contribution in [1.82, 2.24) is 0 Å². The number of carbonyl (C=O) groups excluding carboxylic acids is 1. The highest BCUT2D eigenvalue weighted by atomic mass is 32.2. The van der Waals surface area contributed by atoms with Gasteiger partial charge in [-0.3, -0.25) is 0 Å². The summed E-state index contributed by atoms with van der Waals surface area (Å²) in [5.41, 5.74) is -7.68. The highest BCUT2D eigenvalue weighted by Gasteiger charge is 2.70. The lowest BCUT2D eigenvalue weighted by Crippen LogP contribution is -2.76. The number of carbonyl (C=O) groups is 1. The Morgan fingerprint density at radius 1 is 1.40 bits per heavy atom. The Kier molecular flexibility index (Phi) is 3.29. The van der Waals surface area contributed by atoms with Crippen LogP contribution in [0.5, 0.6) is 0 Å². The van der Waals surface area contributed by atoms with Crippen molar-refractivity contribution in [3.05, 3.63) is 0 Å².